The lowest BCUT2D eigenvalue weighted by molar-refractivity contribution is 0.319. The molecular formula is C20H14BrClN2O3. The Morgan fingerprint density at radius 3 is 2.67 bits per heavy atom. The number of nitrogens with zero attached hydrogens (tertiary/aromatic N) is 1. The average molecular weight is 446 g/mol. The van der Waals surface area contributed by atoms with Crippen LogP contribution in [0.15, 0.2) is 64.0 Å². The lowest BCUT2D eigenvalue weighted by atomic mass is 10.2. The third-order valence-electron chi connectivity index (χ3n) is 3.67. The molecule has 3 aromatic rings. The van der Waals surface area contributed by atoms with Crippen LogP contribution in [0.1, 0.15) is 11.1 Å². The Bertz CT molecular complexity index is 1050. The Hall–Kier alpha value is -2.75. The molecule has 1 aromatic heterocycles. The van der Waals surface area contributed by atoms with Crippen LogP contribution < -0.4 is 15.0 Å². The van der Waals surface area contributed by atoms with E-state index in [4.69, 9.17) is 26.3 Å². The van der Waals surface area contributed by atoms with Gasteiger partial charge in [-0.2, -0.15) is 5.26 Å². The van der Waals surface area contributed by atoms with Gasteiger partial charge in [0.25, 0.3) is 5.56 Å². The van der Waals surface area contributed by atoms with E-state index in [-0.39, 0.29) is 10.0 Å². The van der Waals surface area contributed by atoms with Crippen LogP contribution >= 0.6 is 27.5 Å². The fraction of sp³-hybridized carbons (Fsp3) is 0.100. The summed E-state index contributed by atoms with van der Waals surface area (Å²) in [5.41, 5.74) is 0.795. The van der Waals surface area contributed by atoms with Gasteiger partial charge in [0.1, 0.15) is 16.0 Å². The molecule has 5 nitrogen and oxygen atoms in total. The van der Waals surface area contributed by atoms with E-state index >= 15 is 0 Å². The van der Waals surface area contributed by atoms with Crippen molar-refractivity contribution in [2.45, 2.75) is 6.42 Å². The fourth-order valence-electron chi connectivity index (χ4n) is 2.42. The van der Waals surface area contributed by atoms with Crippen LogP contribution in [-0.4, -0.2) is 11.6 Å². The molecule has 136 valence electrons. The molecule has 0 radical (unpaired) electrons. The molecule has 0 amide bonds. The summed E-state index contributed by atoms with van der Waals surface area (Å²) in [7, 11) is 0. The number of H-pyrrole nitrogens is 1. The zero-order chi connectivity index (χ0) is 19.2. The quantitative estimate of drug-likeness (QED) is 0.574. The minimum Gasteiger partial charge on any atom is -0.493 e. The van der Waals surface area contributed by atoms with Crippen molar-refractivity contribution in [3.05, 3.63) is 85.7 Å². The van der Waals surface area contributed by atoms with E-state index in [9.17, 15) is 4.79 Å². The number of hydrogen-bond acceptors (Lipinski definition) is 4. The second-order valence-corrected chi connectivity index (χ2v) is 6.82. The predicted octanol–water partition coefficient (Wildman–Crippen LogP) is 5.08. The molecule has 0 aliphatic rings. The Kier molecular flexibility index (Phi) is 6.17. The standard InChI is InChI=1S/C20H14BrClN2O3/c21-18-19(27-17-9-13(11-23)8-15(22)10-17)14(12-24-20(18)25)6-7-26-16-4-2-1-3-5-16/h1-5,8-10,12H,6-7H2,(H,24,25). The van der Waals surface area contributed by atoms with Crippen LogP contribution in [0, 0.1) is 11.3 Å². The van der Waals surface area contributed by atoms with Crippen LogP contribution in [0.3, 0.4) is 0 Å². The van der Waals surface area contributed by atoms with Gasteiger partial charge in [-0.15, -0.1) is 0 Å². The van der Waals surface area contributed by atoms with Crippen molar-refractivity contribution < 1.29 is 9.47 Å². The molecule has 3 rings (SSSR count). The van der Waals surface area contributed by atoms with E-state index in [1.54, 1.807) is 18.3 Å². The maximum absolute atomic E-state index is 12.0. The second-order valence-electron chi connectivity index (χ2n) is 5.59. The number of nitrogens with one attached hydrogen (secondary N) is 1. The highest BCUT2D eigenvalue weighted by atomic mass is 79.9. The van der Waals surface area contributed by atoms with Crippen molar-refractivity contribution in [1.82, 2.24) is 4.98 Å². The van der Waals surface area contributed by atoms with E-state index in [1.807, 2.05) is 36.4 Å². The minimum absolute atomic E-state index is 0.262. The van der Waals surface area contributed by atoms with Gasteiger partial charge in [0.2, 0.25) is 0 Å². The van der Waals surface area contributed by atoms with Crippen molar-refractivity contribution in [2.24, 2.45) is 0 Å². The highest BCUT2D eigenvalue weighted by Gasteiger charge is 2.14. The molecule has 0 aliphatic carbocycles. The van der Waals surface area contributed by atoms with Gasteiger partial charge in [0, 0.05) is 23.2 Å². The van der Waals surface area contributed by atoms with Crippen LogP contribution in [0.2, 0.25) is 5.02 Å². The van der Waals surface area contributed by atoms with E-state index in [0.717, 1.165) is 11.3 Å². The number of nitriles is 1. The van der Waals surface area contributed by atoms with Crippen molar-refractivity contribution in [2.75, 3.05) is 6.61 Å². The Labute approximate surface area is 169 Å². The molecule has 0 unspecified atom stereocenters. The number of benzene rings is 2. The van der Waals surface area contributed by atoms with Crippen molar-refractivity contribution in [3.8, 4) is 23.3 Å². The largest absolute Gasteiger partial charge is 0.493 e. The Balaban J connectivity index is 1.83. The molecule has 0 fully saturated rings. The third kappa shape index (κ3) is 4.91. The maximum atomic E-state index is 12.0. The molecule has 7 heteroatoms. The lowest BCUT2D eigenvalue weighted by Gasteiger charge is -2.13. The summed E-state index contributed by atoms with van der Waals surface area (Å²) in [6, 6.07) is 16.2. The first-order chi connectivity index (χ1) is 13.1. The highest BCUT2D eigenvalue weighted by Crippen LogP contribution is 2.32. The Morgan fingerprint density at radius 1 is 1.15 bits per heavy atom. The average Bonchev–Trinajstić information content (AvgIpc) is 2.67. The SMILES string of the molecule is N#Cc1cc(Cl)cc(Oc2c(CCOc3ccccc3)c[nH]c(=O)c2Br)c1. The molecule has 0 bridgehead atoms. The summed E-state index contributed by atoms with van der Waals surface area (Å²) < 4.78 is 11.9. The number of para-hydroxylation sites is 1. The van der Waals surface area contributed by atoms with Crippen LogP contribution in [0.25, 0.3) is 0 Å². The Morgan fingerprint density at radius 2 is 1.93 bits per heavy atom. The molecule has 0 aliphatic heterocycles. The summed E-state index contributed by atoms with van der Waals surface area (Å²) in [6.07, 6.45) is 2.10. The topological polar surface area (TPSA) is 75.1 Å². The van der Waals surface area contributed by atoms with Gasteiger partial charge < -0.3 is 14.5 Å². The van der Waals surface area contributed by atoms with Gasteiger partial charge in [-0.05, 0) is 46.3 Å². The van der Waals surface area contributed by atoms with Crippen molar-refractivity contribution in [3.63, 3.8) is 0 Å². The molecular weight excluding hydrogens is 432 g/mol. The van der Waals surface area contributed by atoms with Gasteiger partial charge in [-0.1, -0.05) is 29.8 Å². The molecule has 0 spiro atoms. The number of halogens is 2. The molecule has 1 heterocycles. The van der Waals surface area contributed by atoms with Gasteiger partial charge >= 0.3 is 0 Å². The van der Waals surface area contributed by atoms with E-state index < -0.39 is 0 Å². The van der Waals surface area contributed by atoms with Crippen LogP contribution in [0.5, 0.6) is 17.2 Å². The second kappa shape index (κ2) is 8.76. The number of hydrogen-bond donors (Lipinski definition) is 1. The number of aromatic nitrogens is 1. The lowest BCUT2D eigenvalue weighted by Crippen LogP contribution is -2.11. The number of rotatable bonds is 6. The minimum atomic E-state index is -0.319. The van der Waals surface area contributed by atoms with Gasteiger partial charge in [0.15, 0.2) is 5.75 Å². The molecule has 2 aromatic carbocycles. The first-order valence-electron chi connectivity index (χ1n) is 8.03. The van der Waals surface area contributed by atoms with Crippen LogP contribution in [-0.2, 0) is 6.42 Å². The summed E-state index contributed by atoms with van der Waals surface area (Å²) in [5.74, 6) is 1.49. The third-order valence-corrected chi connectivity index (χ3v) is 4.61. The first kappa shape index (κ1) is 19.0. The summed E-state index contributed by atoms with van der Waals surface area (Å²) in [4.78, 5) is 14.6. The van der Waals surface area contributed by atoms with Gasteiger partial charge in [-0.3, -0.25) is 4.79 Å². The normalized spacial score (nSPS) is 10.3. The summed E-state index contributed by atoms with van der Waals surface area (Å²) in [5, 5.41) is 9.46. The smallest absolute Gasteiger partial charge is 0.266 e. The van der Waals surface area contributed by atoms with E-state index in [1.165, 1.54) is 6.07 Å². The number of aromatic amines is 1. The highest BCUT2D eigenvalue weighted by molar-refractivity contribution is 9.10. The van der Waals surface area contributed by atoms with Crippen molar-refractivity contribution in [1.29, 1.82) is 5.26 Å². The molecule has 27 heavy (non-hydrogen) atoms. The number of pyridine rings is 1. The first-order valence-corrected chi connectivity index (χ1v) is 9.20. The molecule has 0 atom stereocenters. The molecule has 1 N–H and O–H groups in total. The summed E-state index contributed by atoms with van der Waals surface area (Å²) in [6.45, 7) is 0.401. The van der Waals surface area contributed by atoms with E-state index in [0.29, 0.717) is 35.1 Å². The summed E-state index contributed by atoms with van der Waals surface area (Å²) >= 11 is 9.30. The maximum Gasteiger partial charge on any atom is 0.266 e. The van der Waals surface area contributed by atoms with Crippen LogP contribution in [0.4, 0.5) is 0 Å². The van der Waals surface area contributed by atoms with Gasteiger partial charge in [0.05, 0.1) is 18.2 Å². The predicted molar refractivity (Wildman–Crippen MR) is 107 cm³/mol. The van der Waals surface area contributed by atoms with Gasteiger partial charge in [-0.25, -0.2) is 0 Å². The molecule has 0 saturated carbocycles. The monoisotopic (exact) mass is 444 g/mol. The number of ether oxygens (including phenoxy) is 2. The van der Waals surface area contributed by atoms with Crippen molar-refractivity contribution >= 4 is 27.5 Å². The zero-order valence-electron chi connectivity index (χ0n) is 14.0. The molecule has 0 saturated heterocycles. The zero-order valence-corrected chi connectivity index (χ0v) is 16.4. The van der Waals surface area contributed by atoms with E-state index in [2.05, 4.69) is 20.9 Å². The fourth-order valence-corrected chi connectivity index (χ4v) is 3.10.